The van der Waals surface area contributed by atoms with Gasteiger partial charge in [0, 0.05) is 24.2 Å². The first-order valence-electron chi connectivity index (χ1n) is 12.4. The molecule has 39 heavy (non-hydrogen) atoms. The summed E-state index contributed by atoms with van der Waals surface area (Å²) in [6, 6.07) is 32.9. The summed E-state index contributed by atoms with van der Waals surface area (Å²) in [5.41, 5.74) is 4.70. The van der Waals surface area contributed by atoms with E-state index in [4.69, 9.17) is 26.8 Å². The van der Waals surface area contributed by atoms with E-state index in [0.717, 1.165) is 41.7 Å². The molecular weight excluding hydrogens is 849 g/mol. The van der Waals surface area contributed by atoms with E-state index >= 15 is 0 Å². The van der Waals surface area contributed by atoms with Crippen molar-refractivity contribution in [2.24, 2.45) is 0 Å². The zero-order chi connectivity index (χ0) is 26.9. The molecule has 0 N–H and O–H groups in total. The lowest BCUT2D eigenvalue weighted by Gasteiger charge is -2.38. The number of hydrogen-bond donors (Lipinski definition) is 1. The van der Waals surface area contributed by atoms with Crippen LogP contribution >= 0.6 is 80.4 Å². The molecule has 2 aliphatic rings. The maximum Gasteiger partial charge on any atom is 0.206 e. The predicted octanol–water partition coefficient (Wildman–Crippen LogP) is 9.07. The van der Waals surface area contributed by atoms with Crippen LogP contribution in [0, 0.1) is 0 Å². The Morgan fingerprint density at radius 1 is 0.615 bits per heavy atom. The highest BCUT2D eigenvalue weighted by atomic mass is 127. The zero-order valence-electron chi connectivity index (χ0n) is 20.7. The van der Waals surface area contributed by atoms with Gasteiger partial charge in [0.2, 0.25) is 8.47 Å². The van der Waals surface area contributed by atoms with Crippen molar-refractivity contribution >= 4 is 80.4 Å². The van der Waals surface area contributed by atoms with Gasteiger partial charge in [-0.2, -0.15) is 12.6 Å². The Morgan fingerprint density at radius 3 is 1.67 bits per heavy atom. The van der Waals surface area contributed by atoms with Gasteiger partial charge in [-0.1, -0.05) is 83.3 Å². The molecule has 4 unspecified atom stereocenters. The van der Waals surface area contributed by atoms with Gasteiger partial charge in [-0.25, -0.2) is 9.80 Å². The molecule has 0 saturated heterocycles. The average Bonchev–Trinajstić information content (AvgIpc) is 2.95. The molecule has 2 heterocycles. The molecule has 2 aliphatic heterocycles. The molecule has 0 bridgehead atoms. The van der Waals surface area contributed by atoms with Crippen molar-refractivity contribution in [2.75, 3.05) is 0 Å². The van der Waals surface area contributed by atoms with Crippen molar-refractivity contribution in [3.05, 3.63) is 119 Å². The Labute approximate surface area is 275 Å². The molecule has 9 heteroatoms. The van der Waals surface area contributed by atoms with Gasteiger partial charge in [0.05, 0.1) is 9.42 Å². The summed E-state index contributed by atoms with van der Waals surface area (Å²) in [7, 11) is 0. The van der Waals surface area contributed by atoms with E-state index in [-0.39, 0.29) is 17.9 Å². The van der Waals surface area contributed by atoms with Gasteiger partial charge in [0.15, 0.2) is 0 Å². The molecule has 6 rings (SSSR count). The number of ether oxygens (including phenoxy) is 3. The smallest absolute Gasteiger partial charge is 0.206 e. The summed E-state index contributed by atoms with van der Waals surface area (Å²) >= 11 is 12.1. The molecule has 4 aromatic rings. The van der Waals surface area contributed by atoms with Crippen LogP contribution < -0.4 is 14.2 Å². The lowest BCUT2D eigenvalue weighted by molar-refractivity contribution is 0.0691. The summed E-state index contributed by atoms with van der Waals surface area (Å²) in [4.78, 5) is 4.58. The largest absolute Gasteiger partial charge is 0.466 e. The molecule has 4 atom stereocenters. The maximum absolute atomic E-state index is 6.15. The first-order chi connectivity index (χ1) is 19.0. The summed E-state index contributed by atoms with van der Waals surface area (Å²) < 4.78 is 18.5. The molecule has 0 spiro atoms. The molecule has 0 aliphatic carbocycles. The number of thiol groups is 1. The Hall–Kier alpha value is -1.26. The molecule has 200 valence electrons. The number of fused-ring (bicyclic) bond motifs is 2. The van der Waals surface area contributed by atoms with Gasteiger partial charge in [-0.05, 0) is 92.7 Å². The van der Waals surface area contributed by atoms with Crippen LogP contribution in [0.25, 0.3) is 0 Å². The third-order valence-corrected chi connectivity index (χ3v) is 10.7. The Bertz CT molecular complexity index is 1330. The van der Waals surface area contributed by atoms with Gasteiger partial charge in [0.25, 0.3) is 0 Å². The van der Waals surface area contributed by atoms with Crippen molar-refractivity contribution in [2.45, 2.75) is 31.0 Å². The van der Waals surface area contributed by atoms with Gasteiger partial charge in [-0.3, -0.25) is 0 Å². The lowest BCUT2D eigenvalue weighted by atomic mass is 10.1. The van der Waals surface area contributed by atoms with Crippen molar-refractivity contribution in [3.8, 4) is 23.0 Å². The number of benzene rings is 4. The van der Waals surface area contributed by atoms with Crippen LogP contribution in [0.15, 0.2) is 97.1 Å². The quantitative estimate of drug-likeness (QED) is 0.0906. The van der Waals surface area contributed by atoms with Crippen molar-refractivity contribution in [3.63, 3.8) is 0 Å². The van der Waals surface area contributed by atoms with Crippen LogP contribution in [0.5, 0.6) is 23.0 Å². The summed E-state index contributed by atoms with van der Waals surface area (Å²) in [5.74, 6) is 3.49. The van der Waals surface area contributed by atoms with Gasteiger partial charge >= 0.3 is 0 Å². The zero-order valence-corrected chi connectivity index (χ0v) is 28.0. The molecule has 4 aromatic carbocycles. The van der Waals surface area contributed by atoms with Gasteiger partial charge < -0.3 is 14.2 Å². The minimum atomic E-state index is -0.0920. The SMILES string of the molecule is SC1c2ccccc2OC(I)N1Cc1ccc(Oc2ccc(CN3C(I)Oc4ccccc4C3I)cc2)cc1. The predicted molar refractivity (Wildman–Crippen MR) is 182 cm³/mol. The van der Waals surface area contributed by atoms with E-state index in [1.807, 2.05) is 54.6 Å². The fraction of sp³-hybridized carbons (Fsp3) is 0.200. The van der Waals surface area contributed by atoms with Crippen molar-refractivity contribution in [1.82, 2.24) is 9.80 Å². The molecule has 0 fully saturated rings. The standard InChI is InChI=1S/C30H25I3N2O3S/c31-27-23-5-1-3-7-25(23)37-29(32)34(27)17-19-9-13-21(14-10-19)36-22-15-11-20(12-16-22)18-35-28(39)24-6-2-4-8-26(24)38-30(35)33/h1-16,27-30,39H,17-18H2. The van der Waals surface area contributed by atoms with Crippen LogP contribution in [0.2, 0.25) is 0 Å². The van der Waals surface area contributed by atoms with E-state index in [9.17, 15) is 0 Å². The lowest BCUT2D eigenvalue weighted by Crippen LogP contribution is -2.39. The van der Waals surface area contributed by atoms with Gasteiger partial charge in [-0.15, -0.1) is 0 Å². The minimum absolute atomic E-state index is 0.0255. The topological polar surface area (TPSA) is 34.2 Å². The Kier molecular flexibility index (Phi) is 8.80. The van der Waals surface area contributed by atoms with Crippen LogP contribution in [-0.4, -0.2) is 18.3 Å². The highest BCUT2D eigenvalue weighted by Crippen LogP contribution is 2.43. The van der Waals surface area contributed by atoms with Gasteiger partial charge in [0.1, 0.15) is 23.0 Å². The third kappa shape index (κ3) is 6.17. The highest BCUT2D eigenvalue weighted by Gasteiger charge is 2.33. The van der Waals surface area contributed by atoms with Crippen molar-refractivity contribution in [1.29, 1.82) is 0 Å². The second-order valence-corrected chi connectivity index (χ2v) is 13.1. The second-order valence-electron chi connectivity index (χ2n) is 9.34. The first kappa shape index (κ1) is 27.9. The van der Waals surface area contributed by atoms with E-state index < -0.39 is 0 Å². The van der Waals surface area contributed by atoms with E-state index in [1.165, 1.54) is 16.7 Å². The summed E-state index contributed by atoms with van der Waals surface area (Å²) in [5, 5.41) is -0.0255. The Balaban J connectivity index is 1.07. The monoisotopic (exact) mass is 874 g/mol. The number of para-hydroxylation sites is 2. The summed E-state index contributed by atoms with van der Waals surface area (Å²) in [6.07, 6.45) is 0. The number of alkyl halides is 3. The molecule has 0 amide bonds. The fourth-order valence-electron chi connectivity index (χ4n) is 4.70. The number of rotatable bonds is 6. The molecular formula is C30H25I3N2O3S. The first-order valence-corrected chi connectivity index (χ1v) is 16.7. The number of nitrogens with zero attached hydrogens (tertiary/aromatic N) is 2. The maximum atomic E-state index is 6.15. The second kappa shape index (κ2) is 12.3. The fourth-order valence-corrected chi connectivity index (χ4v) is 8.57. The van der Waals surface area contributed by atoms with Crippen molar-refractivity contribution < 1.29 is 14.2 Å². The summed E-state index contributed by atoms with van der Waals surface area (Å²) in [6.45, 7) is 1.52. The minimum Gasteiger partial charge on any atom is -0.466 e. The highest BCUT2D eigenvalue weighted by molar-refractivity contribution is 14.1. The third-order valence-electron chi connectivity index (χ3n) is 6.76. The van der Waals surface area contributed by atoms with E-state index in [1.54, 1.807) is 0 Å². The molecule has 0 radical (unpaired) electrons. The molecule has 0 aromatic heterocycles. The van der Waals surface area contributed by atoms with E-state index in [2.05, 4.69) is 120 Å². The van der Waals surface area contributed by atoms with Crippen LogP contribution in [0.1, 0.15) is 31.7 Å². The Morgan fingerprint density at radius 2 is 1.08 bits per heavy atom. The average molecular weight is 874 g/mol. The van der Waals surface area contributed by atoms with Crippen LogP contribution in [-0.2, 0) is 13.1 Å². The molecule has 5 nitrogen and oxygen atoms in total. The van der Waals surface area contributed by atoms with Crippen LogP contribution in [0.4, 0.5) is 0 Å². The number of halogens is 3. The van der Waals surface area contributed by atoms with Crippen LogP contribution in [0.3, 0.4) is 0 Å². The number of hydrogen-bond acceptors (Lipinski definition) is 6. The normalized spacial score (nSPS) is 22.8. The molecule has 0 saturated carbocycles. The van der Waals surface area contributed by atoms with E-state index in [0.29, 0.717) is 0 Å².